The summed E-state index contributed by atoms with van der Waals surface area (Å²) < 4.78 is 5.38. The fourth-order valence-corrected chi connectivity index (χ4v) is 3.58. The van der Waals surface area contributed by atoms with E-state index < -0.39 is 0 Å². The number of hydrogen-bond acceptors (Lipinski definition) is 4. The first-order valence-electron chi connectivity index (χ1n) is 6.95. The largest absolute Gasteiger partial charge is 0.379 e. The van der Waals surface area contributed by atoms with Gasteiger partial charge in [0.2, 0.25) is 5.91 Å². The predicted molar refractivity (Wildman–Crippen MR) is 75.4 cm³/mol. The number of rotatable bonds is 3. The van der Waals surface area contributed by atoms with Crippen molar-refractivity contribution in [1.29, 1.82) is 0 Å². The Balaban J connectivity index is 1.52. The minimum Gasteiger partial charge on any atom is -0.379 e. The monoisotopic (exact) mass is 280 g/mol. The van der Waals surface area contributed by atoms with Crippen molar-refractivity contribution in [3.8, 4) is 0 Å². The number of morpholine rings is 1. The molecule has 0 spiro atoms. The van der Waals surface area contributed by atoms with Crippen molar-refractivity contribution in [3.63, 3.8) is 0 Å². The number of amides is 1. The zero-order valence-corrected chi connectivity index (χ0v) is 11.9. The van der Waals surface area contributed by atoms with Gasteiger partial charge in [0.05, 0.1) is 19.6 Å². The fraction of sp³-hybridized carbons (Fsp3) is 0.643. The normalized spacial score (nSPS) is 24.8. The average Bonchev–Trinajstić information content (AvgIpc) is 3.10. The lowest BCUT2D eigenvalue weighted by molar-refractivity contribution is -0.129. The molecule has 3 heterocycles. The van der Waals surface area contributed by atoms with Crippen LogP contribution in [0.25, 0.3) is 0 Å². The molecule has 104 valence electrons. The Morgan fingerprint density at radius 2 is 2.21 bits per heavy atom. The molecule has 0 aliphatic carbocycles. The molecule has 2 aliphatic rings. The maximum Gasteiger partial charge on any atom is 0.227 e. The van der Waals surface area contributed by atoms with Crippen LogP contribution in [0.4, 0.5) is 0 Å². The van der Waals surface area contributed by atoms with E-state index in [1.807, 2.05) is 22.4 Å². The molecule has 4 nitrogen and oxygen atoms in total. The first-order chi connectivity index (χ1) is 9.33. The zero-order valence-electron chi connectivity index (χ0n) is 11.1. The van der Waals surface area contributed by atoms with Crippen molar-refractivity contribution in [3.05, 3.63) is 22.4 Å². The summed E-state index contributed by atoms with van der Waals surface area (Å²) in [7, 11) is 0. The number of nitrogens with zero attached hydrogens (tertiary/aromatic N) is 2. The van der Waals surface area contributed by atoms with Crippen LogP contribution in [-0.2, 0) is 16.0 Å². The molecule has 0 bridgehead atoms. The van der Waals surface area contributed by atoms with E-state index in [9.17, 15) is 4.79 Å². The third-order valence-corrected chi connectivity index (χ3v) is 4.86. The van der Waals surface area contributed by atoms with E-state index in [2.05, 4.69) is 4.90 Å². The number of likely N-dealkylation sites (tertiary alicyclic amines) is 1. The van der Waals surface area contributed by atoms with Crippen molar-refractivity contribution in [2.75, 3.05) is 39.4 Å². The van der Waals surface area contributed by atoms with Gasteiger partial charge in [0, 0.05) is 37.1 Å². The molecular weight excluding hydrogens is 260 g/mol. The molecule has 0 N–H and O–H groups in total. The van der Waals surface area contributed by atoms with Crippen molar-refractivity contribution in [1.82, 2.24) is 9.80 Å². The summed E-state index contributed by atoms with van der Waals surface area (Å²) in [5.41, 5.74) is 0. The number of carbonyl (C=O) groups excluding carboxylic acids is 1. The molecule has 2 saturated heterocycles. The van der Waals surface area contributed by atoms with Crippen molar-refractivity contribution < 1.29 is 9.53 Å². The first-order valence-corrected chi connectivity index (χ1v) is 7.83. The lowest BCUT2D eigenvalue weighted by atomic mass is 10.2. The molecule has 0 aromatic carbocycles. The molecule has 1 amide bonds. The van der Waals surface area contributed by atoms with Gasteiger partial charge >= 0.3 is 0 Å². The number of hydrogen-bond donors (Lipinski definition) is 0. The van der Waals surface area contributed by atoms with Gasteiger partial charge in [-0.15, -0.1) is 11.3 Å². The van der Waals surface area contributed by atoms with Gasteiger partial charge in [0.1, 0.15) is 0 Å². The molecular formula is C14H20N2O2S. The Morgan fingerprint density at radius 3 is 2.95 bits per heavy atom. The van der Waals surface area contributed by atoms with E-state index in [1.54, 1.807) is 11.3 Å². The molecule has 5 heteroatoms. The summed E-state index contributed by atoms with van der Waals surface area (Å²) >= 11 is 1.66. The zero-order chi connectivity index (χ0) is 13.1. The van der Waals surface area contributed by atoms with Crippen LogP contribution in [0.3, 0.4) is 0 Å². The maximum atomic E-state index is 12.2. The third kappa shape index (κ3) is 3.16. The van der Waals surface area contributed by atoms with E-state index in [0.717, 1.165) is 45.8 Å². The van der Waals surface area contributed by atoms with E-state index >= 15 is 0 Å². The van der Waals surface area contributed by atoms with Gasteiger partial charge in [-0.25, -0.2) is 0 Å². The van der Waals surface area contributed by atoms with E-state index in [4.69, 9.17) is 4.74 Å². The van der Waals surface area contributed by atoms with Crippen LogP contribution >= 0.6 is 11.3 Å². The van der Waals surface area contributed by atoms with E-state index in [1.165, 1.54) is 4.88 Å². The summed E-state index contributed by atoms with van der Waals surface area (Å²) in [6, 6.07) is 4.59. The van der Waals surface area contributed by atoms with Crippen LogP contribution in [0, 0.1) is 0 Å². The SMILES string of the molecule is O=C(Cc1cccs1)N1CCC(N2CCOCC2)C1. The summed E-state index contributed by atoms with van der Waals surface area (Å²) in [5, 5.41) is 2.03. The average molecular weight is 280 g/mol. The number of ether oxygens (including phenoxy) is 1. The van der Waals surface area contributed by atoms with Crippen molar-refractivity contribution in [2.45, 2.75) is 18.9 Å². The molecule has 2 fully saturated rings. The van der Waals surface area contributed by atoms with Crippen LogP contribution in [-0.4, -0.2) is 61.1 Å². The Hall–Kier alpha value is -0.910. The molecule has 2 aliphatic heterocycles. The molecule has 1 aromatic heterocycles. The van der Waals surface area contributed by atoms with Crippen molar-refractivity contribution in [2.24, 2.45) is 0 Å². The van der Waals surface area contributed by atoms with Gasteiger partial charge in [0.15, 0.2) is 0 Å². The van der Waals surface area contributed by atoms with Gasteiger partial charge < -0.3 is 9.64 Å². The lowest BCUT2D eigenvalue weighted by Gasteiger charge is -2.32. The smallest absolute Gasteiger partial charge is 0.227 e. The molecule has 1 atom stereocenters. The maximum absolute atomic E-state index is 12.2. The third-order valence-electron chi connectivity index (χ3n) is 3.98. The molecule has 3 rings (SSSR count). The minimum atomic E-state index is 0.276. The Kier molecular flexibility index (Phi) is 4.15. The highest BCUT2D eigenvalue weighted by Crippen LogP contribution is 2.19. The summed E-state index contributed by atoms with van der Waals surface area (Å²) in [6.07, 6.45) is 1.67. The van der Waals surface area contributed by atoms with Crippen molar-refractivity contribution >= 4 is 17.2 Å². The number of thiophene rings is 1. The van der Waals surface area contributed by atoms with Crippen LogP contribution in [0.5, 0.6) is 0 Å². The van der Waals surface area contributed by atoms with Crippen LogP contribution in [0.1, 0.15) is 11.3 Å². The van der Waals surface area contributed by atoms with E-state index in [-0.39, 0.29) is 5.91 Å². The number of carbonyl (C=O) groups is 1. The highest BCUT2D eigenvalue weighted by atomic mass is 32.1. The minimum absolute atomic E-state index is 0.276. The summed E-state index contributed by atoms with van der Waals surface area (Å²) in [4.78, 5) is 17.9. The fourth-order valence-electron chi connectivity index (χ4n) is 2.88. The summed E-state index contributed by atoms with van der Waals surface area (Å²) in [5.74, 6) is 0.276. The molecule has 19 heavy (non-hydrogen) atoms. The Bertz CT molecular complexity index is 415. The van der Waals surface area contributed by atoms with E-state index in [0.29, 0.717) is 12.5 Å². The van der Waals surface area contributed by atoms with Gasteiger partial charge in [-0.3, -0.25) is 9.69 Å². The highest BCUT2D eigenvalue weighted by Gasteiger charge is 2.30. The van der Waals surface area contributed by atoms with Crippen LogP contribution < -0.4 is 0 Å². The van der Waals surface area contributed by atoms with Gasteiger partial charge in [-0.1, -0.05) is 6.07 Å². The topological polar surface area (TPSA) is 32.8 Å². The molecule has 1 aromatic rings. The summed E-state index contributed by atoms with van der Waals surface area (Å²) in [6.45, 7) is 5.49. The van der Waals surface area contributed by atoms with Crippen LogP contribution in [0.15, 0.2) is 17.5 Å². The van der Waals surface area contributed by atoms with Gasteiger partial charge in [0.25, 0.3) is 0 Å². The quantitative estimate of drug-likeness (QED) is 0.835. The molecule has 0 radical (unpaired) electrons. The second kappa shape index (κ2) is 6.03. The molecule has 0 saturated carbocycles. The highest BCUT2D eigenvalue weighted by molar-refractivity contribution is 7.10. The van der Waals surface area contributed by atoms with Gasteiger partial charge in [-0.2, -0.15) is 0 Å². The first kappa shape index (κ1) is 13.1. The Morgan fingerprint density at radius 1 is 1.37 bits per heavy atom. The lowest BCUT2D eigenvalue weighted by Crippen LogP contribution is -2.45. The molecule has 1 unspecified atom stereocenters. The van der Waals surface area contributed by atoms with Crippen LogP contribution in [0.2, 0.25) is 0 Å². The predicted octanol–water partition coefficient (Wildman–Crippen LogP) is 1.22. The van der Waals surface area contributed by atoms with Gasteiger partial charge in [-0.05, 0) is 17.9 Å². The Labute approximate surface area is 118 Å². The second-order valence-corrected chi connectivity index (χ2v) is 6.22. The second-order valence-electron chi connectivity index (χ2n) is 5.19. The standard InChI is InChI=1S/C14H20N2O2S/c17-14(10-13-2-1-9-19-13)16-4-3-12(11-16)15-5-7-18-8-6-15/h1-2,9,12H,3-8,10-11H2.